The minimum Gasteiger partial charge on any atom is -0.334 e. The lowest BCUT2D eigenvalue weighted by molar-refractivity contribution is 0.0670. The summed E-state index contributed by atoms with van der Waals surface area (Å²) in [5.41, 5.74) is 2.79. The molecule has 3 aromatic rings. The van der Waals surface area contributed by atoms with Crippen molar-refractivity contribution >= 4 is 46.4 Å². The maximum atomic E-state index is 13.2. The van der Waals surface area contributed by atoms with Gasteiger partial charge in [0.05, 0.1) is 35.4 Å². The molecule has 2 amide bonds. The van der Waals surface area contributed by atoms with Gasteiger partial charge in [0, 0.05) is 42.2 Å². The first kappa shape index (κ1) is 19.5. The minimum atomic E-state index is -0.137. The number of carbonyl (C=O) groups is 2. The molecule has 0 atom stereocenters. The Morgan fingerprint density at radius 1 is 1.17 bits per heavy atom. The summed E-state index contributed by atoms with van der Waals surface area (Å²) in [7, 11) is 0. The lowest BCUT2D eigenvalue weighted by atomic mass is 10.0. The van der Waals surface area contributed by atoms with Crippen LogP contribution >= 0.6 is 34.5 Å². The van der Waals surface area contributed by atoms with Crippen LogP contribution in [0.3, 0.4) is 0 Å². The van der Waals surface area contributed by atoms with Gasteiger partial charge in [0.1, 0.15) is 10.7 Å². The van der Waals surface area contributed by atoms with Gasteiger partial charge in [-0.1, -0.05) is 23.2 Å². The van der Waals surface area contributed by atoms with Gasteiger partial charge in [0.15, 0.2) is 0 Å². The molecule has 154 valence electrons. The number of carbonyl (C=O) groups excluding carboxylic acids is 2. The number of rotatable bonds is 3. The summed E-state index contributed by atoms with van der Waals surface area (Å²) in [6, 6.07) is 4.87. The van der Waals surface area contributed by atoms with Crippen LogP contribution in [0.2, 0.25) is 10.0 Å². The van der Waals surface area contributed by atoms with Crippen LogP contribution in [-0.2, 0) is 26.1 Å². The maximum absolute atomic E-state index is 13.2. The molecule has 30 heavy (non-hydrogen) atoms. The fourth-order valence-electron chi connectivity index (χ4n) is 3.92. The molecular formula is C20H17Cl2N5O2S. The summed E-state index contributed by atoms with van der Waals surface area (Å²) in [6.07, 6.45) is 2.36. The summed E-state index contributed by atoms with van der Waals surface area (Å²) in [5.74, 6) is -0.198. The Morgan fingerprint density at radius 3 is 2.80 bits per heavy atom. The zero-order valence-electron chi connectivity index (χ0n) is 15.8. The molecule has 0 fully saturated rings. The van der Waals surface area contributed by atoms with Crippen LogP contribution in [0.5, 0.6) is 0 Å². The molecule has 0 unspecified atom stereocenters. The van der Waals surface area contributed by atoms with E-state index in [1.54, 1.807) is 38.9 Å². The zero-order valence-corrected chi connectivity index (χ0v) is 18.2. The van der Waals surface area contributed by atoms with Gasteiger partial charge in [-0.15, -0.1) is 11.3 Å². The van der Waals surface area contributed by atoms with Gasteiger partial charge in [0.2, 0.25) is 0 Å². The first-order valence-electron chi connectivity index (χ1n) is 9.52. The molecule has 0 radical (unpaired) electrons. The molecule has 2 aromatic heterocycles. The average molecular weight is 462 g/mol. The predicted molar refractivity (Wildman–Crippen MR) is 114 cm³/mol. The second-order valence-electron chi connectivity index (χ2n) is 7.26. The Kier molecular flexibility index (Phi) is 5.00. The van der Waals surface area contributed by atoms with Crippen molar-refractivity contribution < 1.29 is 9.59 Å². The highest BCUT2D eigenvalue weighted by molar-refractivity contribution is 7.09. The third-order valence-electron chi connectivity index (χ3n) is 5.44. The Morgan fingerprint density at radius 2 is 2.03 bits per heavy atom. The van der Waals surface area contributed by atoms with E-state index in [1.165, 1.54) is 11.3 Å². The summed E-state index contributed by atoms with van der Waals surface area (Å²) in [4.78, 5) is 34.0. The lowest BCUT2D eigenvalue weighted by Gasteiger charge is -2.30. The largest absolute Gasteiger partial charge is 0.334 e. The molecule has 0 bridgehead atoms. The molecule has 4 heterocycles. The third-order valence-corrected chi connectivity index (χ3v) is 6.94. The number of thiazole rings is 1. The van der Waals surface area contributed by atoms with Crippen molar-refractivity contribution in [2.24, 2.45) is 0 Å². The van der Waals surface area contributed by atoms with Gasteiger partial charge in [-0.3, -0.25) is 14.3 Å². The van der Waals surface area contributed by atoms with Gasteiger partial charge < -0.3 is 9.80 Å². The smallest absolute Gasteiger partial charge is 0.272 e. The highest BCUT2D eigenvalue weighted by atomic mass is 35.5. The molecule has 0 spiro atoms. The number of aromatic nitrogens is 3. The number of nitrogens with zero attached hydrogens (tertiary/aromatic N) is 5. The second kappa shape index (κ2) is 7.68. The molecule has 0 saturated heterocycles. The third kappa shape index (κ3) is 3.38. The average Bonchev–Trinajstić information content (AvgIpc) is 3.38. The molecule has 2 aliphatic heterocycles. The van der Waals surface area contributed by atoms with E-state index in [0.29, 0.717) is 60.4 Å². The van der Waals surface area contributed by atoms with Crippen LogP contribution < -0.4 is 0 Å². The lowest BCUT2D eigenvalue weighted by Crippen LogP contribution is -2.41. The van der Waals surface area contributed by atoms with Crippen molar-refractivity contribution in [1.29, 1.82) is 0 Å². The van der Waals surface area contributed by atoms with Crippen LogP contribution in [0, 0.1) is 0 Å². The normalized spacial score (nSPS) is 15.9. The molecule has 7 nitrogen and oxygen atoms in total. The first-order valence-corrected chi connectivity index (χ1v) is 11.2. The Hall–Kier alpha value is -2.42. The van der Waals surface area contributed by atoms with Crippen LogP contribution in [-0.4, -0.2) is 49.5 Å². The molecule has 5 rings (SSSR count). The Balaban J connectivity index is 1.41. The number of hydrogen-bond acceptors (Lipinski definition) is 5. The number of hydrogen-bond donors (Lipinski definition) is 0. The van der Waals surface area contributed by atoms with Crippen molar-refractivity contribution in [2.75, 3.05) is 13.1 Å². The standard InChI is InChI=1S/C20H17Cl2N5O2S/c21-14-2-1-12(9-15(14)22)19(28)25-5-3-16-13(10-25)18-20(29)26(6-7-27(18)24-16)11-17-23-4-8-30-17/h1-2,4,8-9H,3,5-7,10-11H2. The number of halogens is 2. The van der Waals surface area contributed by atoms with Gasteiger partial charge in [0.25, 0.3) is 11.8 Å². The summed E-state index contributed by atoms with van der Waals surface area (Å²) >= 11 is 13.6. The van der Waals surface area contributed by atoms with E-state index >= 15 is 0 Å². The van der Waals surface area contributed by atoms with Crippen molar-refractivity contribution in [2.45, 2.75) is 26.1 Å². The maximum Gasteiger partial charge on any atom is 0.272 e. The van der Waals surface area contributed by atoms with Crippen LogP contribution in [0.15, 0.2) is 29.8 Å². The highest BCUT2D eigenvalue weighted by Gasteiger charge is 2.35. The van der Waals surface area contributed by atoms with Crippen LogP contribution in [0.25, 0.3) is 0 Å². The van der Waals surface area contributed by atoms with Gasteiger partial charge >= 0.3 is 0 Å². The second-order valence-corrected chi connectivity index (χ2v) is 9.05. The molecular weight excluding hydrogens is 445 g/mol. The zero-order chi connectivity index (χ0) is 20.8. The molecule has 0 aliphatic carbocycles. The fraction of sp³-hybridized carbons (Fsp3) is 0.300. The van der Waals surface area contributed by atoms with Gasteiger partial charge in [-0.2, -0.15) is 5.10 Å². The van der Waals surface area contributed by atoms with E-state index in [0.717, 1.165) is 16.3 Å². The minimum absolute atomic E-state index is 0.0611. The van der Waals surface area contributed by atoms with E-state index in [2.05, 4.69) is 10.1 Å². The van der Waals surface area contributed by atoms with Crippen LogP contribution in [0.1, 0.15) is 37.1 Å². The Labute approximate surface area is 186 Å². The van der Waals surface area contributed by atoms with Gasteiger partial charge in [-0.05, 0) is 18.2 Å². The van der Waals surface area contributed by atoms with E-state index in [9.17, 15) is 9.59 Å². The van der Waals surface area contributed by atoms with E-state index in [-0.39, 0.29) is 11.8 Å². The predicted octanol–water partition coefficient (Wildman–Crippen LogP) is 3.50. The first-order chi connectivity index (χ1) is 14.5. The highest BCUT2D eigenvalue weighted by Crippen LogP contribution is 2.29. The molecule has 1 aromatic carbocycles. The fourth-order valence-corrected chi connectivity index (χ4v) is 4.85. The molecule has 0 saturated carbocycles. The Bertz CT molecular complexity index is 1140. The molecule has 2 aliphatic rings. The van der Waals surface area contributed by atoms with Crippen molar-refractivity contribution in [3.8, 4) is 0 Å². The van der Waals surface area contributed by atoms with Gasteiger partial charge in [-0.25, -0.2) is 4.98 Å². The topological polar surface area (TPSA) is 71.3 Å². The van der Waals surface area contributed by atoms with Crippen molar-refractivity contribution in [3.63, 3.8) is 0 Å². The SMILES string of the molecule is O=C(c1ccc(Cl)c(Cl)c1)N1CCc2nn3c(c2C1)C(=O)N(Cc1nccs1)CC3. The summed E-state index contributed by atoms with van der Waals surface area (Å²) < 4.78 is 1.79. The van der Waals surface area contributed by atoms with Crippen molar-refractivity contribution in [1.82, 2.24) is 24.6 Å². The number of fused-ring (bicyclic) bond motifs is 3. The summed E-state index contributed by atoms with van der Waals surface area (Å²) in [6.45, 7) is 2.61. The molecule has 10 heteroatoms. The summed E-state index contributed by atoms with van der Waals surface area (Å²) in [5, 5.41) is 8.21. The van der Waals surface area contributed by atoms with Crippen LogP contribution in [0.4, 0.5) is 0 Å². The quantitative estimate of drug-likeness (QED) is 0.598. The molecule has 0 N–H and O–H groups in total. The van der Waals surface area contributed by atoms with E-state index in [4.69, 9.17) is 23.2 Å². The van der Waals surface area contributed by atoms with Crippen molar-refractivity contribution in [3.05, 3.63) is 67.3 Å². The van der Waals surface area contributed by atoms with E-state index in [1.807, 2.05) is 5.38 Å². The number of amides is 2. The van der Waals surface area contributed by atoms with E-state index < -0.39 is 0 Å². The monoisotopic (exact) mass is 461 g/mol. The number of benzene rings is 1.